The second kappa shape index (κ2) is 35.4. The molecule has 0 saturated carbocycles. The molecule has 1 heterocycles. The summed E-state index contributed by atoms with van der Waals surface area (Å²) in [7, 11) is -5.15. The number of hydrogen-bond acceptors (Lipinski definition) is 13. The molecular formula is C62H53ClF5NO10S6. The van der Waals surface area contributed by atoms with Crippen molar-refractivity contribution in [1.82, 2.24) is 0 Å². The van der Waals surface area contributed by atoms with E-state index in [1.807, 2.05) is 176 Å². The Labute approximate surface area is 513 Å². The SMILES string of the molecule is C[S+](CCl)c1ccccc1.O=C(C[S+]1CCCC1)c1ccccc1.O=S(=O)([O-])c1c(F)c(F)c(F)c(F)c1F.[O-]OOSc1ccc2cccc(Nc3ccccc3)c2c1.[O-]OOSc1cccc2cc3ccccc3cc12.[SH2+]c1ccccc1. The van der Waals surface area contributed by atoms with Gasteiger partial charge in [-0.3, -0.25) is 14.9 Å². The third kappa shape index (κ3) is 21.3. The highest BCUT2D eigenvalue weighted by molar-refractivity contribution is 7.98. The van der Waals surface area contributed by atoms with Crippen molar-refractivity contribution in [3.63, 3.8) is 0 Å². The number of hydrogen-bond donors (Lipinski definition) is 1. The molecule has 1 aliphatic heterocycles. The maximum Gasteiger partial charge on any atom is 0.211 e. The van der Waals surface area contributed by atoms with Gasteiger partial charge in [-0.2, -0.15) is 8.67 Å². The number of nitrogens with one attached hydrogen (secondary N) is 1. The Kier molecular flexibility index (Phi) is 28.3. The van der Waals surface area contributed by atoms with Crippen molar-refractivity contribution in [3.8, 4) is 0 Å². The predicted octanol–water partition coefficient (Wildman–Crippen LogP) is 14.2. The number of ketones is 1. The van der Waals surface area contributed by atoms with Crippen LogP contribution in [0.15, 0.2) is 237 Å². The Hall–Kier alpha value is -6.19. The fourth-order valence-corrected chi connectivity index (χ4v) is 13.0. The lowest BCUT2D eigenvalue weighted by atomic mass is 10.0. The number of halogens is 6. The van der Waals surface area contributed by atoms with Crippen LogP contribution in [0.4, 0.5) is 33.3 Å². The molecule has 85 heavy (non-hydrogen) atoms. The van der Waals surface area contributed by atoms with Gasteiger partial charge in [0.2, 0.25) is 11.6 Å². The van der Waals surface area contributed by atoms with Crippen LogP contribution in [-0.2, 0) is 63.3 Å². The summed E-state index contributed by atoms with van der Waals surface area (Å²) in [6, 6.07) is 70.0. The second-order valence-electron chi connectivity index (χ2n) is 17.7. The fourth-order valence-electron chi connectivity index (χ4n) is 7.91. The van der Waals surface area contributed by atoms with Crippen LogP contribution < -0.4 is 15.8 Å². The predicted molar refractivity (Wildman–Crippen MR) is 331 cm³/mol. The minimum atomic E-state index is -5.77. The number of rotatable bonds is 14. The lowest BCUT2D eigenvalue weighted by molar-refractivity contribution is -0.777. The second-order valence-corrected chi connectivity index (χ2v) is 26.1. The van der Waals surface area contributed by atoms with E-state index in [0.717, 1.165) is 93.6 Å². The summed E-state index contributed by atoms with van der Waals surface area (Å²) in [5, 5.41) is 37.3. The van der Waals surface area contributed by atoms with Gasteiger partial charge < -0.3 is 20.4 Å². The number of anilines is 2. The number of carbonyl (C=O) groups excluding carboxylic acids is 1. The van der Waals surface area contributed by atoms with Gasteiger partial charge in [-0.1, -0.05) is 151 Å². The third-order valence-corrected chi connectivity index (χ3v) is 19.2. The standard InChI is InChI=1S/C16H13NO3S.C14H10O3S.C12H15OS.C8H10ClS.C6HF5O3S.C6H6S/c18-19-20-21-14-10-9-12-5-4-8-16(15(12)11-14)17-13-6-2-1-3-7-13;15-16-17-18-14-7-3-6-12-8-10-4-1-2-5-11(10)9-13(12)14;13-12(10-14-8-4-5-9-14)11-6-2-1-3-7-11;1-10(7-9)8-5-3-2-4-6-8;7-1-2(8)4(10)6(15(12,13)14)5(11)3(1)9;7-6-4-2-1-3-5-6/h1-11,17-18H;1-9,15H;1-3,6-7H,4-5,8-10H2;2-6H,7H2,1H3;(H,12,13,14);1-5,7H/q;;2*+1;;/p-2. The Morgan fingerprint density at radius 1 is 0.600 bits per heavy atom. The molecule has 0 aliphatic carbocycles. The molecule has 0 amide bonds. The summed E-state index contributed by atoms with van der Waals surface area (Å²) >= 11 is 10.9. The van der Waals surface area contributed by atoms with Gasteiger partial charge in [-0.15, -0.1) is 0 Å². The summed E-state index contributed by atoms with van der Waals surface area (Å²) in [4.78, 5) is 13.6. The Balaban J connectivity index is 0.000000168. The van der Waals surface area contributed by atoms with Crippen LogP contribution in [0.25, 0.3) is 32.3 Å². The molecule has 10 aromatic rings. The summed E-state index contributed by atoms with van der Waals surface area (Å²) in [6.07, 6.45) is 4.80. The minimum absolute atomic E-state index is 0.225. The van der Waals surface area contributed by atoms with Crippen LogP contribution in [-0.4, -0.2) is 47.5 Å². The Morgan fingerprint density at radius 3 is 1.67 bits per heavy atom. The van der Waals surface area contributed by atoms with Gasteiger partial charge in [0.05, 0.1) is 24.1 Å². The van der Waals surface area contributed by atoms with Crippen molar-refractivity contribution in [1.29, 1.82) is 0 Å². The van der Waals surface area contributed by atoms with Gasteiger partial charge >= 0.3 is 0 Å². The molecule has 1 saturated heterocycles. The first-order valence-electron chi connectivity index (χ1n) is 25.3. The smallest absolute Gasteiger partial charge is 0.211 e. The molecule has 1 fully saturated rings. The normalized spacial score (nSPS) is 12.2. The van der Waals surface area contributed by atoms with Crippen molar-refractivity contribution >= 4 is 130 Å². The maximum atomic E-state index is 12.6. The van der Waals surface area contributed by atoms with Crippen LogP contribution in [0.3, 0.4) is 0 Å². The first-order chi connectivity index (χ1) is 41.0. The zero-order chi connectivity index (χ0) is 61.1. The van der Waals surface area contributed by atoms with Crippen molar-refractivity contribution < 1.29 is 69.0 Å². The van der Waals surface area contributed by atoms with E-state index >= 15 is 0 Å². The van der Waals surface area contributed by atoms with Gasteiger partial charge in [-0.05, 0) is 136 Å². The first-order valence-corrected chi connectivity index (χ1v) is 32.7. The minimum Gasteiger partial charge on any atom is -0.744 e. The van der Waals surface area contributed by atoms with Crippen LogP contribution in [0, 0.1) is 29.1 Å². The highest BCUT2D eigenvalue weighted by Crippen LogP contribution is 2.33. The van der Waals surface area contributed by atoms with E-state index in [0.29, 0.717) is 16.7 Å². The van der Waals surface area contributed by atoms with E-state index in [-0.39, 0.29) is 10.9 Å². The average molecular weight is 1290 g/mol. The van der Waals surface area contributed by atoms with Crippen molar-refractivity contribution in [2.24, 2.45) is 0 Å². The van der Waals surface area contributed by atoms with Crippen LogP contribution >= 0.6 is 35.7 Å². The molecule has 0 radical (unpaired) electrons. The molecule has 1 unspecified atom stereocenters. The zero-order valence-electron chi connectivity index (χ0n) is 44.8. The molecule has 10 aromatic carbocycles. The molecule has 0 aromatic heterocycles. The lowest BCUT2D eigenvalue weighted by Crippen LogP contribution is -2.17. The van der Waals surface area contributed by atoms with E-state index in [2.05, 4.69) is 79.3 Å². The molecule has 1 aliphatic rings. The lowest BCUT2D eigenvalue weighted by Gasteiger charge is -2.11. The quantitative estimate of drug-likeness (QED) is 0.00934. The molecule has 11 nitrogen and oxygen atoms in total. The highest BCUT2D eigenvalue weighted by atomic mass is 35.5. The summed E-state index contributed by atoms with van der Waals surface area (Å²) in [6.45, 7) is 0. The molecule has 1 N–H and O–H groups in total. The van der Waals surface area contributed by atoms with E-state index in [1.165, 1.54) is 34.6 Å². The highest BCUT2D eigenvalue weighted by Gasteiger charge is 2.29. The van der Waals surface area contributed by atoms with Crippen LogP contribution in [0.2, 0.25) is 0 Å². The zero-order valence-corrected chi connectivity index (χ0v) is 50.7. The molecule has 23 heteroatoms. The van der Waals surface area contributed by atoms with Crippen molar-refractivity contribution in [3.05, 3.63) is 247 Å². The van der Waals surface area contributed by atoms with E-state index < -0.39 is 44.1 Å². The number of Topliss-reactive ketones (excluding diaryl/α,β-unsaturated/α-hetero) is 1. The Bertz CT molecular complexity index is 3790. The topological polar surface area (TPSA) is 169 Å². The van der Waals surface area contributed by atoms with E-state index in [9.17, 15) is 50.2 Å². The van der Waals surface area contributed by atoms with Crippen molar-refractivity contribution in [2.75, 3.05) is 34.0 Å². The van der Waals surface area contributed by atoms with Gasteiger partial charge in [-0.25, -0.2) is 30.4 Å². The van der Waals surface area contributed by atoms with E-state index in [4.69, 9.17) is 11.6 Å². The summed E-state index contributed by atoms with van der Waals surface area (Å²) in [5.41, 5.74) is 2.89. The van der Waals surface area contributed by atoms with Gasteiger partial charge in [0.25, 0.3) is 0 Å². The largest absolute Gasteiger partial charge is 0.744 e. The molecule has 444 valence electrons. The number of alkyl halides is 1. The average Bonchev–Trinajstić information content (AvgIpc) is 4.19. The molecule has 0 spiro atoms. The maximum absolute atomic E-state index is 12.6. The summed E-state index contributed by atoms with van der Waals surface area (Å²) in [5.74, 6) is -9.16. The van der Waals surface area contributed by atoms with E-state index in [1.54, 1.807) is 0 Å². The summed E-state index contributed by atoms with van der Waals surface area (Å²) < 4.78 is 102. The van der Waals surface area contributed by atoms with Crippen LogP contribution in [0.1, 0.15) is 23.2 Å². The molecule has 0 bridgehead atoms. The first kappa shape index (κ1) is 67.9. The third-order valence-electron chi connectivity index (χ3n) is 12.0. The van der Waals surface area contributed by atoms with Gasteiger partial charge in [0, 0.05) is 43.0 Å². The number of benzene rings is 10. The number of carbonyl (C=O) groups is 1. The molecular weight excluding hydrogens is 1240 g/mol. The number of fused-ring (bicyclic) bond motifs is 3. The Morgan fingerprint density at radius 2 is 1.11 bits per heavy atom. The van der Waals surface area contributed by atoms with Crippen molar-refractivity contribution in [2.45, 2.75) is 37.3 Å². The number of para-hydroxylation sites is 1. The monoisotopic (exact) mass is 1290 g/mol. The molecule has 1 atom stereocenters. The fraction of sp³-hybridized carbons (Fsp3) is 0.113. The molecule has 11 rings (SSSR count). The van der Waals surface area contributed by atoms with Crippen LogP contribution in [0.5, 0.6) is 0 Å². The van der Waals surface area contributed by atoms with Gasteiger partial charge in [0.15, 0.2) is 39.1 Å². The van der Waals surface area contributed by atoms with Gasteiger partial charge in [0.1, 0.15) is 37.7 Å².